The maximum atomic E-state index is 10.8. The van der Waals surface area contributed by atoms with Crippen LogP contribution in [0.2, 0.25) is 0 Å². The molecule has 0 heterocycles. The maximum absolute atomic E-state index is 10.8. The Morgan fingerprint density at radius 3 is 2.14 bits per heavy atom. The summed E-state index contributed by atoms with van der Waals surface area (Å²) in [5.41, 5.74) is 9.35. The van der Waals surface area contributed by atoms with Crippen molar-refractivity contribution < 1.29 is 4.79 Å². The lowest BCUT2D eigenvalue weighted by atomic mass is 10.0. The molecule has 0 aliphatic carbocycles. The van der Waals surface area contributed by atoms with Crippen molar-refractivity contribution in [2.75, 3.05) is 10.6 Å². The van der Waals surface area contributed by atoms with E-state index in [-0.39, 0.29) is 6.04 Å². The number of nitrogens with two attached hydrogens (primary N) is 1. The van der Waals surface area contributed by atoms with Gasteiger partial charge >= 0.3 is 6.03 Å². The summed E-state index contributed by atoms with van der Waals surface area (Å²) in [7, 11) is 0. The first kappa shape index (κ1) is 14.9. The number of urea groups is 1. The zero-order chi connectivity index (χ0) is 15.2. The molecule has 2 amide bonds. The van der Waals surface area contributed by atoms with Crippen LogP contribution in [-0.4, -0.2) is 6.03 Å². The van der Waals surface area contributed by atoms with E-state index in [1.165, 1.54) is 11.1 Å². The Morgan fingerprint density at radius 2 is 1.62 bits per heavy atom. The molecule has 0 saturated heterocycles. The van der Waals surface area contributed by atoms with Crippen molar-refractivity contribution in [3.8, 4) is 0 Å². The van der Waals surface area contributed by atoms with E-state index in [9.17, 15) is 4.79 Å². The number of amides is 2. The van der Waals surface area contributed by atoms with Gasteiger partial charge in [-0.3, -0.25) is 0 Å². The number of hydrogen-bond acceptors (Lipinski definition) is 2. The minimum absolute atomic E-state index is 0.214. The second kappa shape index (κ2) is 6.79. The van der Waals surface area contributed by atoms with E-state index in [4.69, 9.17) is 5.73 Å². The van der Waals surface area contributed by atoms with Gasteiger partial charge in [0.25, 0.3) is 0 Å². The molecule has 2 aromatic rings. The van der Waals surface area contributed by atoms with E-state index in [1.54, 1.807) is 0 Å². The molecule has 0 bridgehead atoms. The van der Waals surface area contributed by atoms with Gasteiger partial charge in [-0.05, 0) is 48.7 Å². The minimum Gasteiger partial charge on any atom is -0.379 e. The number of hydrogen-bond donors (Lipinski definition) is 3. The molecular formula is C17H21N3O. The van der Waals surface area contributed by atoms with Crippen LogP contribution in [0.5, 0.6) is 0 Å². The van der Waals surface area contributed by atoms with Crippen LogP contribution in [0.25, 0.3) is 0 Å². The molecule has 1 atom stereocenters. The number of nitrogens with one attached hydrogen (secondary N) is 2. The quantitative estimate of drug-likeness (QED) is 0.778. The number of benzene rings is 2. The lowest BCUT2D eigenvalue weighted by molar-refractivity contribution is 0.259. The number of rotatable bonds is 5. The first-order valence-corrected chi connectivity index (χ1v) is 7.10. The Balaban J connectivity index is 2.01. The molecule has 2 rings (SSSR count). The van der Waals surface area contributed by atoms with Gasteiger partial charge in [0.1, 0.15) is 0 Å². The van der Waals surface area contributed by atoms with E-state index < -0.39 is 6.03 Å². The Kier molecular flexibility index (Phi) is 4.82. The summed E-state index contributed by atoms with van der Waals surface area (Å²) in [4.78, 5) is 10.8. The topological polar surface area (TPSA) is 67.2 Å². The third kappa shape index (κ3) is 4.24. The van der Waals surface area contributed by atoms with Crippen LogP contribution >= 0.6 is 0 Å². The molecule has 0 aliphatic rings. The number of carbonyl (C=O) groups excluding carboxylic acids is 1. The van der Waals surface area contributed by atoms with Crippen LogP contribution in [0.15, 0.2) is 48.5 Å². The summed E-state index contributed by atoms with van der Waals surface area (Å²) < 4.78 is 0. The van der Waals surface area contributed by atoms with Crippen molar-refractivity contribution in [3.63, 3.8) is 0 Å². The SMILES string of the molecule is CCc1ccc(C(C)Nc2ccc(NC(N)=O)cc2)cc1. The van der Waals surface area contributed by atoms with E-state index >= 15 is 0 Å². The molecule has 0 fully saturated rings. The number of anilines is 2. The van der Waals surface area contributed by atoms with Gasteiger partial charge in [0.05, 0.1) is 0 Å². The van der Waals surface area contributed by atoms with Crippen LogP contribution in [0.1, 0.15) is 31.0 Å². The molecule has 2 aromatic carbocycles. The molecular weight excluding hydrogens is 262 g/mol. The number of aryl methyl sites for hydroxylation is 1. The van der Waals surface area contributed by atoms with Gasteiger partial charge in [0.15, 0.2) is 0 Å². The summed E-state index contributed by atoms with van der Waals surface area (Å²) >= 11 is 0. The Hall–Kier alpha value is -2.49. The predicted octanol–water partition coefficient (Wildman–Crippen LogP) is 3.91. The van der Waals surface area contributed by atoms with Gasteiger partial charge in [-0.2, -0.15) is 0 Å². The lowest BCUT2D eigenvalue weighted by Gasteiger charge is -2.16. The van der Waals surface area contributed by atoms with Crippen LogP contribution in [0.3, 0.4) is 0 Å². The molecule has 1 unspecified atom stereocenters. The smallest absolute Gasteiger partial charge is 0.316 e. The van der Waals surface area contributed by atoms with E-state index in [0.717, 1.165) is 12.1 Å². The molecule has 0 radical (unpaired) electrons. The average molecular weight is 283 g/mol. The summed E-state index contributed by atoms with van der Waals surface area (Å²) in [6.45, 7) is 4.27. The van der Waals surface area contributed by atoms with Gasteiger partial charge < -0.3 is 16.4 Å². The highest BCUT2D eigenvalue weighted by atomic mass is 16.2. The summed E-state index contributed by atoms with van der Waals surface area (Å²) in [6, 6.07) is 15.8. The third-order valence-corrected chi connectivity index (χ3v) is 3.42. The highest BCUT2D eigenvalue weighted by molar-refractivity contribution is 5.87. The van der Waals surface area contributed by atoms with Crippen molar-refractivity contribution in [2.45, 2.75) is 26.3 Å². The summed E-state index contributed by atoms with van der Waals surface area (Å²) in [5, 5.41) is 5.97. The summed E-state index contributed by atoms with van der Waals surface area (Å²) in [5.74, 6) is 0. The highest BCUT2D eigenvalue weighted by Gasteiger charge is 2.05. The molecule has 0 aromatic heterocycles. The van der Waals surface area contributed by atoms with Gasteiger partial charge in [0, 0.05) is 17.4 Å². The fourth-order valence-electron chi connectivity index (χ4n) is 2.17. The van der Waals surface area contributed by atoms with Crippen LogP contribution in [-0.2, 0) is 6.42 Å². The average Bonchev–Trinajstić information content (AvgIpc) is 2.49. The molecule has 4 heteroatoms. The number of primary amides is 1. The Morgan fingerprint density at radius 1 is 1.05 bits per heavy atom. The van der Waals surface area contributed by atoms with Crippen molar-refractivity contribution in [1.29, 1.82) is 0 Å². The zero-order valence-electron chi connectivity index (χ0n) is 12.4. The van der Waals surface area contributed by atoms with E-state index in [2.05, 4.69) is 48.7 Å². The highest BCUT2D eigenvalue weighted by Crippen LogP contribution is 2.21. The lowest BCUT2D eigenvalue weighted by Crippen LogP contribution is -2.19. The zero-order valence-corrected chi connectivity index (χ0v) is 12.4. The Labute approximate surface area is 125 Å². The minimum atomic E-state index is -0.555. The van der Waals surface area contributed by atoms with Gasteiger partial charge in [-0.25, -0.2) is 4.79 Å². The molecule has 21 heavy (non-hydrogen) atoms. The molecule has 0 spiro atoms. The van der Waals surface area contributed by atoms with Gasteiger partial charge in [-0.1, -0.05) is 31.2 Å². The molecule has 110 valence electrons. The maximum Gasteiger partial charge on any atom is 0.316 e. The van der Waals surface area contributed by atoms with Crippen LogP contribution in [0, 0.1) is 0 Å². The van der Waals surface area contributed by atoms with Crippen molar-refractivity contribution >= 4 is 17.4 Å². The van der Waals surface area contributed by atoms with Crippen molar-refractivity contribution in [1.82, 2.24) is 0 Å². The normalized spacial score (nSPS) is 11.7. The second-order valence-corrected chi connectivity index (χ2v) is 5.03. The monoisotopic (exact) mass is 283 g/mol. The largest absolute Gasteiger partial charge is 0.379 e. The first-order valence-electron chi connectivity index (χ1n) is 7.10. The standard InChI is InChI=1S/C17H21N3O/c1-3-13-4-6-14(7-5-13)12(2)19-15-8-10-16(11-9-15)20-17(18)21/h4-12,19H,3H2,1-2H3,(H3,18,20,21). The molecule has 4 nitrogen and oxygen atoms in total. The van der Waals surface area contributed by atoms with E-state index in [0.29, 0.717) is 5.69 Å². The third-order valence-electron chi connectivity index (χ3n) is 3.42. The predicted molar refractivity (Wildman–Crippen MR) is 87.5 cm³/mol. The van der Waals surface area contributed by atoms with Gasteiger partial charge in [-0.15, -0.1) is 0 Å². The van der Waals surface area contributed by atoms with E-state index in [1.807, 2.05) is 24.3 Å². The fraction of sp³-hybridized carbons (Fsp3) is 0.235. The molecule has 0 aliphatic heterocycles. The summed E-state index contributed by atoms with van der Waals surface area (Å²) in [6.07, 6.45) is 1.05. The second-order valence-electron chi connectivity index (χ2n) is 5.03. The molecule has 4 N–H and O–H groups in total. The fourth-order valence-corrected chi connectivity index (χ4v) is 2.17. The van der Waals surface area contributed by atoms with Crippen molar-refractivity contribution in [2.24, 2.45) is 5.73 Å². The van der Waals surface area contributed by atoms with Crippen LogP contribution in [0.4, 0.5) is 16.2 Å². The van der Waals surface area contributed by atoms with Crippen LogP contribution < -0.4 is 16.4 Å². The van der Waals surface area contributed by atoms with Gasteiger partial charge in [0.2, 0.25) is 0 Å². The molecule has 0 saturated carbocycles. The van der Waals surface area contributed by atoms with Crippen molar-refractivity contribution in [3.05, 3.63) is 59.7 Å². The Bertz CT molecular complexity index is 590. The number of carbonyl (C=O) groups is 1. The first-order chi connectivity index (χ1) is 10.1.